The maximum atomic E-state index is 14.0. The number of likely N-dealkylation sites (tertiary alicyclic amines) is 1. The van der Waals surface area contributed by atoms with Gasteiger partial charge in [0.1, 0.15) is 0 Å². The Kier molecular flexibility index (Phi) is 9.50. The van der Waals surface area contributed by atoms with Gasteiger partial charge in [-0.15, -0.1) is 0 Å². The van der Waals surface area contributed by atoms with Crippen molar-refractivity contribution in [1.82, 2.24) is 15.5 Å². The highest BCUT2D eigenvalue weighted by atomic mass is 19.1. The molecule has 2 rings (SSSR count). The predicted molar refractivity (Wildman–Crippen MR) is 111 cm³/mol. The summed E-state index contributed by atoms with van der Waals surface area (Å²) in [5, 5.41) is 6.75. The van der Waals surface area contributed by atoms with E-state index in [4.69, 9.17) is 9.47 Å². The molecule has 0 saturated carbocycles. The van der Waals surface area contributed by atoms with Crippen LogP contribution in [0, 0.1) is 5.82 Å². The lowest BCUT2D eigenvalue weighted by Gasteiger charge is -2.33. The van der Waals surface area contributed by atoms with Crippen molar-refractivity contribution < 1.29 is 13.9 Å². The van der Waals surface area contributed by atoms with Gasteiger partial charge in [0, 0.05) is 39.3 Å². The molecule has 1 heterocycles. The number of halogens is 1. The number of ether oxygens (including phenoxy) is 2. The molecule has 0 aliphatic carbocycles. The summed E-state index contributed by atoms with van der Waals surface area (Å²) in [6.45, 7) is 10.8. The maximum absolute atomic E-state index is 14.0. The third kappa shape index (κ3) is 7.64. The van der Waals surface area contributed by atoms with Crippen LogP contribution < -0.4 is 15.4 Å². The summed E-state index contributed by atoms with van der Waals surface area (Å²) in [6, 6.07) is 5.44. The molecule has 2 N–H and O–H groups in total. The van der Waals surface area contributed by atoms with Crippen molar-refractivity contribution in [3.63, 3.8) is 0 Å². The van der Waals surface area contributed by atoms with Gasteiger partial charge >= 0.3 is 0 Å². The number of piperidine rings is 1. The van der Waals surface area contributed by atoms with E-state index in [1.165, 1.54) is 6.07 Å². The van der Waals surface area contributed by atoms with Crippen LogP contribution in [-0.2, 0) is 11.3 Å². The third-order valence-electron chi connectivity index (χ3n) is 4.77. The largest absolute Gasteiger partial charge is 0.491 e. The van der Waals surface area contributed by atoms with Crippen molar-refractivity contribution in [3.8, 4) is 5.75 Å². The fraction of sp³-hybridized carbons (Fsp3) is 0.667. The summed E-state index contributed by atoms with van der Waals surface area (Å²) in [5.41, 5.74) is 0.851. The fourth-order valence-corrected chi connectivity index (χ4v) is 3.22. The van der Waals surface area contributed by atoms with Crippen molar-refractivity contribution in [2.75, 3.05) is 39.9 Å². The van der Waals surface area contributed by atoms with E-state index in [1.54, 1.807) is 13.1 Å². The van der Waals surface area contributed by atoms with E-state index in [0.717, 1.165) is 50.6 Å². The van der Waals surface area contributed by atoms with Gasteiger partial charge < -0.3 is 25.0 Å². The average Bonchev–Trinajstić information content (AvgIpc) is 2.68. The number of hydrogen-bond acceptors (Lipinski definition) is 4. The van der Waals surface area contributed by atoms with Gasteiger partial charge in [-0.2, -0.15) is 0 Å². The fourth-order valence-electron chi connectivity index (χ4n) is 3.22. The molecule has 6 nitrogen and oxygen atoms in total. The van der Waals surface area contributed by atoms with E-state index in [1.807, 2.05) is 13.0 Å². The molecule has 1 saturated heterocycles. The molecule has 1 aliphatic heterocycles. The SMILES string of the molecule is CCOc1ccc(CNC(=NC)NC2CCN(CCOC(C)C)CC2)cc1F. The quantitative estimate of drug-likeness (QED) is 0.498. The first-order valence-corrected chi connectivity index (χ1v) is 10.2. The van der Waals surface area contributed by atoms with Gasteiger partial charge in [0.2, 0.25) is 0 Å². The third-order valence-corrected chi connectivity index (χ3v) is 4.77. The van der Waals surface area contributed by atoms with E-state index >= 15 is 0 Å². The zero-order valence-electron chi connectivity index (χ0n) is 17.6. The minimum Gasteiger partial charge on any atom is -0.491 e. The van der Waals surface area contributed by atoms with E-state index in [-0.39, 0.29) is 11.9 Å². The van der Waals surface area contributed by atoms with Gasteiger partial charge in [0.25, 0.3) is 0 Å². The van der Waals surface area contributed by atoms with E-state index in [2.05, 4.69) is 34.4 Å². The van der Waals surface area contributed by atoms with Crippen molar-refractivity contribution in [2.24, 2.45) is 4.99 Å². The van der Waals surface area contributed by atoms with Crippen LogP contribution in [0.5, 0.6) is 5.75 Å². The van der Waals surface area contributed by atoms with Crippen LogP contribution in [0.1, 0.15) is 39.2 Å². The zero-order chi connectivity index (χ0) is 20.4. The van der Waals surface area contributed by atoms with Gasteiger partial charge in [-0.25, -0.2) is 4.39 Å². The molecule has 0 amide bonds. The van der Waals surface area contributed by atoms with Crippen LogP contribution >= 0.6 is 0 Å². The molecule has 1 aliphatic rings. The standard InChI is InChI=1S/C21H35FN4O2/c1-5-27-20-7-6-17(14-19(20)22)15-24-21(23-4)25-18-8-10-26(11-9-18)12-13-28-16(2)3/h6-7,14,16,18H,5,8-13,15H2,1-4H3,(H2,23,24,25). The minimum absolute atomic E-state index is 0.289. The Balaban J connectivity index is 1.72. The minimum atomic E-state index is -0.335. The second-order valence-electron chi connectivity index (χ2n) is 7.30. The predicted octanol–water partition coefficient (Wildman–Crippen LogP) is 2.78. The van der Waals surface area contributed by atoms with Crippen LogP contribution in [0.3, 0.4) is 0 Å². The van der Waals surface area contributed by atoms with E-state index < -0.39 is 0 Å². The summed E-state index contributed by atoms with van der Waals surface area (Å²) in [5.74, 6) is 0.702. The molecule has 28 heavy (non-hydrogen) atoms. The van der Waals surface area contributed by atoms with Crippen molar-refractivity contribution in [1.29, 1.82) is 0 Å². The molecular formula is C21H35FN4O2. The van der Waals surface area contributed by atoms with Gasteiger partial charge in [0.05, 0.1) is 19.3 Å². The molecule has 1 fully saturated rings. The number of hydrogen-bond donors (Lipinski definition) is 2. The highest BCUT2D eigenvalue weighted by molar-refractivity contribution is 5.79. The van der Waals surface area contributed by atoms with Gasteiger partial charge in [-0.1, -0.05) is 6.07 Å². The summed E-state index contributed by atoms with van der Waals surface area (Å²) in [4.78, 5) is 6.74. The summed E-state index contributed by atoms with van der Waals surface area (Å²) in [7, 11) is 1.76. The van der Waals surface area contributed by atoms with Crippen LogP contribution in [0.4, 0.5) is 4.39 Å². The first-order valence-electron chi connectivity index (χ1n) is 10.2. The normalized spacial score (nSPS) is 16.4. The van der Waals surface area contributed by atoms with Crippen LogP contribution in [0.15, 0.2) is 23.2 Å². The van der Waals surface area contributed by atoms with Crippen molar-refractivity contribution >= 4 is 5.96 Å². The summed E-state index contributed by atoms with van der Waals surface area (Å²) < 4.78 is 24.8. The number of benzene rings is 1. The van der Waals surface area contributed by atoms with Gasteiger partial charge in [-0.05, 0) is 51.3 Å². The molecule has 0 unspecified atom stereocenters. The molecule has 0 bridgehead atoms. The summed E-state index contributed by atoms with van der Waals surface area (Å²) in [6.07, 6.45) is 2.43. The molecule has 0 spiro atoms. The lowest BCUT2D eigenvalue weighted by atomic mass is 10.1. The number of guanidine groups is 1. The Hall–Kier alpha value is -1.86. The monoisotopic (exact) mass is 394 g/mol. The second-order valence-corrected chi connectivity index (χ2v) is 7.30. The molecule has 158 valence electrons. The number of nitrogens with one attached hydrogen (secondary N) is 2. The molecule has 0 aromatic heterocycles. The number of aliphatic imine (C=N–C) groups is 1. The van der Waals surface area contributed by atoms with Crippen LogP contribution in [-0.4, -0.2) is 62.9 Å². The Morgan fingerprint density at radius 2 is 2.07 bits per heavy atom. The molecule has 1 aromatic carbocycles. The molecular weight excluding hydrogens is 359 g/mol. The highest BCUT2D eigenvalue weighted by Crippen LogP contribution is 2.18. The second kappa shape index (κ2) is 11.9. The number of rotatable bonds is 9. The topological polar surface area (TPSA) is 58.1 Å². The zero-order valence-corrected chi connectivity index (χ0v) is 17.6. The highest BCUT2D eigenvalue weighted by Gasteiger charge is 2.19. The Morgan fingerprint density at radius 1 is 1.32 bits per heavy atom. The molecule has 7 heteroatoms. The van der Waals surface area contributed by atoms with Crippen molar-refractivity contribution in [2.45, 2.75) is 52.3 Å². The molecule has 1 aromatic rings. The number of nitrogens with zero attached hydrogens (tertiary/aromatic N) is 2. The lowest BCUT2D eigenvalue weighted by molar-refractivity contribution is 0.0532. The molecule has 0 atom stereocenters. The summed E-state index contributed by atoms with van der Waals surface area (Å²) >= 11 is 0. The first kappa shape index (κ1) is 22.4. The van der Waals surface area contributed by atoms with Gasteiger partial charge in [-0.3, -0.25) is 4.99 Å². The van der Waals surface area contributed by atoms with Crippen molar-refractivity contribution in [3.05, 3.63) is 29.6 Å². The Labute approximate surface area is 168 Å². The smallest absolute Gasteiger partial charge is 0.191 e. The molecule has 0 radical (unpaired) electrons. The first-order chi connectivity index (χ1) is 13.5. The van der Waals surface area contributed by atoms with E-state index in [9.17, 15) is 4.39 Å². The van der Waals surface area contributed by atoms with E-state index in [0.29, 0.717) is 24.9 Å². The maximum Gasteiger partial charge on any atom is 0.191 e. The Bertz CT molecular complexity index is 616. The Morgan fingerprint density at radius 3 is 2.68 bits per heavy atom. The average molecular weight is 395 g/mol. The van der Waals surface area contributed by atoms with Crippen LogP contribution in [0.25, 0.3) is 0 Å². The van der Waals surface area contributed by atoms with Crippen LogP contribution in [0.2, 0.25) is 0 Å². The lowest BCUT2D eigenvalue weighted by Crippen LogP contribution is -2.49. The van der Waals surface area contributed by atoms with Gasteiger partial charge in [0.15, 0.2) is 17.5 Å².